The van der Waals surface area contributed by atoms with Gasteiger partial charge in [0.15, 0.2) is 16.7 Å². The van der Waals surface area contributed by atoms with E-state index in [2.05, 4.69) is 4.98 Å². The highest BCUT2D eigenvalue weighted by Gasteiger charge is 2.10. The van der Waals surface area contributed by atoms with E-state index in [1.54, 1.807) is 6.07 Å². The molecule has 2 N–H and O–H groups in total. The highest BCUT2D eigenvalue weighted by Crippen LogP contribution is 2.27. The Morgan fingerprint density at radius 1 is 1.57 bits per heavy atom. The molecule has 0 atom stereocenters. The fourth-order valence-electron chi connectivity index (χ4n) is 1.21. The molecule has 1 aromatic heterocycles. The van der Waals surface area contributed by atoms with Crippen LogP contribution in [-0.4, -0.2) is 10.8 Å². The molecule has 0 fully saturated rings. The van der Waals surface area contributed by atoms with Crippen molar-refractivity contribution >= 4 is 32.5 Å². The molecule has 0 saturated carbocycles. The summed E-state index contributed by atoms with van der Waals surface area (Å²) in [5.41, 5.74) is 6.02. The van der Waals surface area contributed by atoms with Gasteiger partial charge in [0.05, 0.1) is 4.70 Å². The van der Waals surface area contributed by atoms with Gasteiger partial charge in [0, 0.05) is 5.56 Å². The largest absolute Gasteiger partial charge is 0.375 e. The van der Waals surface area contributed by atoms with Crippen molar-refractivity contribution in [1.82, 2.24) is 4.98 Å². The van der Waals surface area contributed by atoms with Crippen LogP contribution in [0.15, 0.2) is 12.1 Å². The Bertz CT molecular complexity index is 521. The third-order valence-corrected chi connectivity index (χ3v) is 2.70. The summed E-state index contributed by atoms with van der Waals surface area (Å²) in [7, 11) is 0. The standard InChI is InChI=1S/C9H7FN2OS/c1-4(13)5-2-6(10)8-7(3-5)14-9(11)12-8/h2-3H,1H3,(H2,11,12). The molecule has 0 spiro atoms. The van der Waals surface area contributed by atoms with E-state index >= 15 is 0 Å². The molecule has 0 amide bonds. The lowest BCUT2D eigenvalue weighted by Gasteiger charge is -1.95. The molecule has 2 rings (SSSR count). The van der Waals surface area contributed by atoms with Gasteiger partial charge in [0.2, 0.25) is 0 Å². The van der Waals surface area contributed by atoms with E-state index in [1.165, 1.54) is 24.3 Å². The van der Waals surface area contributed by atoms with Crippen molar-refractivity contribution in [2.75, 3.05) is 5.73 Å². The average molecular weight is 210 g/mol. The first-order chi connectivity index (χ1) is 6.58. The minimum atomic E-state index is -0.499. The number of hydrogen-bond acceptors (Lipinski definition) is 4. The monoisotopic (exact) mass is 210 g/mol. The van der Waals surface area contributed by atoms with Crippen molar-refractivity contribution < 1.29 is 9.18 Å². The second-order valence-electron chi connectivity index (χ2n) is 2.91. The summed E-state index contributed by atoms with van der Waals surface area (Å²) in [5.74, 6) is -0.668. The smallest absolute Gasteiger partial charge is 0.181 e. The summed E-state index contributed by atoms with van der Waals surface area (Å²) in [6.45, 7) is 1.39. The van der Waals surface area contributed by atoms with E-state index in [1.807, 2.05) is 0 Å². The number of rotatable bonds is 1. The Kier molecular flexibility index (Phi) is 1.96. The van der Waals surface area contributed by atoms with Crippen LogP contribution in [0.2, 0.25) is 0 Å². The number of benzene rings is 1. The molecule has 1 aromatic carbocycles. The average Bonchev–Trinajstić information content (AvgIpc) is 2.45. The van der Waals surface area contributed by atoms with Gasteiger partial charge in [-0.25, -0.2) is 9.37 Å². The summed E-state index contributed by atoms with van der Waals surface area (Å²) in [6.07, 6.45) is 0. The number of nitrogens with two attached hydrogens (primary N) is 1. The van der Waals surface area contributed by atoms with Gasteiger partial charge in [-0.05, 0) is 19.1 Å². The molecule has 0 aliphatic heterocycles. The SMILES string of the molecule is CC(=O)c1cc(F)c2nc(N)sc2c1. The number of carbonyl (C=O) groups is 1. The molecule has 0 aliphatic rings. The van der Waals surface area contributed by atoms with Crippen LogP contribution in [-0.2, 0) is 0 Å². The van der Waals surface area contributed by atoms with Crippen LogP contribution in [0.3, 0.4) is 0 Å². The van der Waals surface area contributed by atoms with E-state index in [-0.39, 0.29) is 11.3 Å². The van der Waals surface area contributed by atoms with Crippen molar-refractivity contribution in [3.63, 3.8) is 0 Å². The first-order valence-electron chi connectivity index (χ1n) is 3.94. The molecule has 3 nitrogen and oxygen atoms in total. The number of anilines is 1. The summed E-state index contributed by atoms with van der Waals surface area (Å²) >= 11 is 1.17. The second kappa shape index (κ2) is 3.02. The van der Waals surface area contributed by atoms with Gasteiger partial charge in [-0.2, -0.15) is 0 Å². The third kappa shape index (κ3) is 1.35. The lowest BCUT2D eigenvalue weighted by atomic mass is 10.1. The number of carbonyl (C=O) groups excluding carboxylic acids is 1. The van der Waals surface area contributed by atoms with Crippen LogP contribution in [0.5, 0.6) is 0 Å². The normalized spacial score (nSPS) is 10.7. The third-order valence-electron chi connectivity index (χ3n) is 1.87. The predicted molar refractivity (Wildman–Crippen MR) is 54.0 cm³/mol. The summed E-state index contributed by atoms with van der Waals surface area (Å²) in [4.78, 5) is 14.9. The Morgan fingerprint density at radius 2 is 2.29 bits per heavy atom. The maximum Gasteiger partial charge on any atom is 0.181 e. The molecule has 0 unspecified atom stereocenters. The van der Waals surface area contributed by atoms with E-state index in [9.17, 15) is 9.18 Å². The number of halogens is 1. The van der Waals surface area contributed by atoms with Crippen LogP contribution in [0.25, 0.3) is 10.2 Å². The van der Waals surface area contributed by atoms with E-state index in [0.717, 1.165) is 0 Å². The Hall–Kier alpha value is -1.49. The molecular formula is C9H7FN2OS. The lowest BCUT2D eigenvalue weighted by Crippen LogP contribution is -1.93. The Morgan fingerprint density at radius 3 is 2.93 bits per heavy atom. The van der Waals surface area contributed by atoms with Crippen LogP contribution in [0.4, 0.5) is 9.52 Å². The number of nitrogens with zero attached hydrogens (tertiary/aromatic N) is 1. The zero-order valence-electron chi connectivity index (χ0n) is 7.37. The zero-order chi connectivity index (χ0) is 10.3. The quantitative estimate of drug-likeness (QED) is 0.734. The van der Waals surface area contributed by atoms with Crippen molar-refractivity contribution in [3.05, 3.63) is 23.5 Å². The first kappa shape index (κ1) is 9.08. The summed E-state index contributed by atoms with van der Waals surface area (Å²) < 4.78 is 14.0. The Labute approximate surface area is 83.4 Å². The number of Topliss-reactive ketones (excluding diaryl/α,β-unsaturated/α-hetero) is 1. The minimum Gasteiger partial charge on any atom is -0.375 e. The molecule has 5 heteroatoms. The number of nitrogen functional groups attached to an aromatic ring is 1. The van der Waals surface area contributed by atoms with Gasteiger partial charge in [-0.15, -0.1) is 0 Å². The fraction of sp³-hybridized carbons (Fsp3) is 0.111. The summed E-state index contributed by atoms with van der Waals surface area (Å²) in [6, 6.07) is 2.79. The zero-order valence-corrected chi connectivity index (χ0v) is 8.19. The molecule has 72 valence electrons. The van der Waals surface area contributed by atoms with Gasteiger partial charge in [-0.1, -0.05) is 11.3 Å². The maximum atomic E-state index is 13.4. The molecular weight excluding hydrogens is 203 g/mol. The molecule has 1 heterocycles. The predicted octanol–water partition coefficient (Wildman–Crippen LogP) is 2.22. The van der Waals surface area contributed by atoms with E-state index < -0.39 is 5.82 Å². The van der Waals surface area contributed by atoms with Gasteiger partial charge < -0.3 is 5.73 Å². The number of ketones is 1. The van der Waals surface area contributed by atoms with E-state index in [0.29, 0.717) is 15.4 Å². The maximum absolute atomic E-state index is 13.4. The minimum absolute atomic E-state index is 0.169. The van der Waals surface area contributed by atoms with Crippen molar-refractivity contribution in [2.24, 2.45) is 0 Å². The number of fused-ring (bicyclic) bond motifs is 1. The molecule has 14 heavy (non-hydrogen) atoms. The second-order valence-corrected chi connectivity index (χ2v) is 3.98. The van der Waals surface area contributed by atoms with Gasteiger partial charge in [0.25, 0.3) is 0 Å². The molecule has 0 saturated heterocycles. The molecule has 0 radical (unpaired) electrons. The number of hydrogen-bond donors (Lipinski definition) is 1. The van der Waals surface area contributed by atoms with Crippen molar-refractivity contribution in [3.8, 4) is 0 Å². The topological polar surface area (TPSA) is 56.0 Å². The highest BCUT2D eigenvalue weighted by atomic mass is 32.1. The van der Waals surface area contributed by atoms with Gasteiger partial charge >= 0.3 is 0 Å². The van der Waals surface area contributed by atoms with Crippen LogP contribution < -0.4 is 5.73 Å². The van der Waals surface area contributed by atoms with Crippen LogP contribution in [0, 0.1) is 5.82 Å². The number of thiazole rings is 1. The van der Waals surface area contributed by atoms with Crippen molar-refractivity contribution in [1.29, 1.82) is 0 Å². The van der Waals surface area contributed by atoms with Crippen LogP contribution >= 0.6 is 11.3 Å². The summed E-state index contributed by atoms with van der Waals surface area (Å²) in [5, 5.41) is 0.305. The lowest BCUT2D eigenvalue weighted by molar-refractivity contribution is 0.101. The van der Waals surface area contributed by atoms with E-state index in [4.69, 9.17) is 5.73 Å². The molecule has 0 bridgehead atoms. The highest BCUT2D eigenvalue weighted by molar-refractivity contribution is 7.22. The van der Waals surface area contributed by atoms with Gasteiger partial charge in [-0.3, -0.25) is 4.79 Å². The molecule has 2 aromatic rings. The molecule has 0 aliphatic carbocycles. The first-order valence-corrected chi connectivity index (χ1v) is 4.76. The number of aromatic nitrogens is 1. The fourth-order valence-corrected chi connectivity index (χ4v) is 2.00. The van der Waals surface area contributed by atoms with Crippen LogP contribution in [0.1, 0.15) is 17.3 Å². The van der Waals surface area contributed by atoms with Crippen molar-refractivity contribution in [2.45, 2.75) is 6.92 Å². The Balaban J connectivity index is 2.77. The van der Waals surface area contributed by atoms with Gasteiger partial charge in [0.1, 0.15) is 5.52 Å².